The quantitative estimate of drug-likeness (QED) is 0.751. The molecule has 3 rings (SSSR count). The van der Waals surface area contributed by atoms with Crippen molar-refractivity contribution in [3.8, 4) is 0 Å². The van der Waals surface area contributed by atoms with Gasteiger partial charge in [-0.2, -0.15) is 0 Å². The number of likely N-dealkylation sites (N-methyl/N-ethyl adjacent to an activating group) is 1. The number of rotatable bonds is 6. The van der Waals surface area contributed by atoms with Crippen molar-refractivity contribution in [3.05, 3.63) is 35.6 Å². The highest BCUT2D eigenvalue weighted by Gasteiger charge is 2.38. The van der Waals surface area contributed by atoms with E-state index < -0.39 is 5.82 Å². The smallest absolute Gasteiger partial charge is 0.256 e. The minimum absolute atomic E-state index is 0.0897. The fraction of sp³-hybridized carbons (Fsp3) is 0.636. The van der Waals surface area contributed by atoms with Crippen molar-refractivity contribution in [2.24, 2.45) is 5.92 Å². The third kappa shape index (κ3) is 4.37. The van der Waals surface area contributed by atoms with E-state index in [1.807, 2.05) is 18.7 Å². The highest BCUT2D eigenvalue weighted by molar-refractivity contribution is 5.94. The molecule has 2 fully saturated rings. The van der Waals surface area contributed by atoms with Crippen molar-refractivity contribution in [2.75, 3.05) is 39.3 Å². The lowest BCUT2D eigenvalue weighted by atomic mass is 9.94. The molecule has 1 unspecified atom stereocenters. The molecule has 2 amide bonds. The molecule has 1 aromatic carbocycles. The predicted octanol–water partition coefficient (Wildman–Crippen LogP) is 3.01. The van der Waals surface area contributed by atoms with E-state index in [0.29, 0.717) is 32.1 Å². The second-order valence-electron chi connectivity index (χ2n) is 7.81. The Morgan fingerprint density at radius 2 is 1.68 bits per heavy atom. The van der Waals surface area contributed by atoms with E-state index in [2.05, 4.69) is 4.90 Å². The Labute approximate surface area is 167 Å². The fourth-order valence-corrected chi connectivity index (χ4v) is 4.66. The first-order valence-electron chi connectivity index (χ1n) is 10.6. The van der Waals surface area contributed by atoms with Crippen molar-refractivity contribution in [3.63, 3.8) is 0 Å². The normalized spacial score (nSPS) is 19.6. The average Bonchev–Trinajstić information content (AvgIpc) is 3.24. The Morgan fingerprint density at radius 3 is 2.25 bits per heavy atom. The lowest BCUT2D eigenvalue weighted by molar-refractivity contribution is -0.139. The van der Waals surface area contributed by atoms with Crippen LogP contribution in [0.4, 0.5) is 4.39 Å². The van der Waals surface area contributed by atoms with Crippen LogP contribution in [0.25, 0.3) is 0 Å². The maximum absolute atomic E-state index is 14.0. The standard InChI is InChI=1S/C22H32FN3O2/c1-3-24(4-2)22(28)20(17-9-5-6-10-17)25-13-15-26(16-14-25)21(27)18-11-7-8-12-19(18)23/h7-8,11-12,17,20H,3-6,9-10,13-16H2,1-2H3. The summed E-state index contributed by atoms with van der Waals surface area (Å²) in [6, 6.07) is 6.05. The zero-order chi connectivity index (χ0) is 20.1. The number of carbonyl (C=O) groups is 2. The van der Waals surface area contributed by atoms with Gasteiger partial charge in [0, 0.05) is 39.3 Å². The molecular weight excluding hydrogens is 357 g/mol. The summed E-state index contributed by atoms with van der Waals surface area (Å²) in [5.41, 5.74) is 0.127. The van der Waals surface area contributed by atoms with Gasteiger partial charge in [-0.05, 0) is 44.7 Å². The van der Waals surface area contributed by atoms with Gasteiger partial charge in [-0.15, -0.1) is 0 Å². The number of halogens is 1. The molecule has 1 saturated carbocycles. The summed E-state index contributed by atoms with van der Waals surface area (Å²) in [6.45, 7) is 7.89. The van der Waals surface area contributed by atoms with Crippen LogP contribution in [0.1, 0.15) is 49.9 Å². The number of amides is 2. The van der Waals surface area contributed by atoms with Crippen molar-refractivity contribution >= 4 is 11.8 Å². The van der Waals surface area contributed by atoms with Crippen LogP contribution in [-0.2, 0) is 4.79 Å². The first kappa shape index (κ1) is 20.8. The van der Waals surface area contributed by atoms with Gasteiger partial charge in [0.15, 0.2) is 0 Å². The van der Waals surface area contributed by atoms with E-state index in [1.165, 1.54) is 25.0 Å². The number of piperazine rings is 1. The zero-order valence-corrected chi connectivity index (χ0v) is 17.1. The van der Waals surface area contributed by atoms with E-state index in [-0.39, 0.29) is 23.4 Å². The predicted molar refractivity (Wildman–Crippen MR) is 108 cm³/mol. The Bertz CT molecular complexity index is 678. The van der Waals surface area contributed by atoms with Crippen molar-refractivity contribution < 1.29 is 14.0 Å². The summed E-state index contributed by atoms with van der Waals surface area (Å²) in [6.07, 6.45) is 4.59. The zero-order valence-electron chi connectivity index (χ0n) is 17.1. The molecule has 0 bridgehead atoms. The topological polar surface area (TPSA) is 43.9 Å². The SMILES string of the molecule is CCN(CC)C(=O)C(C1CCCC1)N1CCN(C(=O)c2ccccc2F)CC1. The lowest BCUT2D eigenvalue weighted by Gasteiger charge is -2.42. The van der Waals surface area contributed by atoms with Crippen LogP contribution in [-0.4, -0.2) is 71.8 Å². The van der Waals surface area contributed by atoms with Crippen LogP contribution in [0.2, 0.25) is 0 Å². The van der Waals surface area contributed by atoms with E-state index >= 15 is 0 Å². The molecule has 6 heteroatoms. The summed E-state index contributed by atoms with van der Waals surface area (Å²) in [5, 5.41) is 0. The Kier molecular flexibility index (Phi) is 7.05. The summed E-state index contributed by atoms with van der Waals surface area (Å²) in [7, 11) is 0. The molecule has 0 radical (unpaired) electrons. The van der Waals surface area contributed by atoms with Gasteiger partial charge in [-0.25, -0.2) is 4.39 Å². The van der Waals surface area contributed by atoms with Gasteiger partial charge < -0.3 is 9.80 Å². The number of hydrogen-bond acceptors (Lipinski definition) is 3. The van der Waals surface area contributed by atoms with E-state index in [0.717, 1.165) is 25.9 Å². The molecule has 1 saturated heterocycles. The molecule has 0 N–H and O–H groups in total. The average molecular weight is 390 g/mol. The van der Waals surface area contributed by atoms with Gasteiger partial charge in [0.1, 0.15) is 5.82 Å². The third-order valence-electron chi connectivity index (χ3n) is 6.27. The van der Waals surface area contributed by atoms with Gasteiger partial charge in [-0.1, -0.05) is 25.0 Å². The molecule has 0 aromatic heterocycles. The van der Waals surface area contributed by atoms with Crippen LogP contribution in [0.15, 0.2) is 24.3 Å². The van der Waals surface area contributed by atoms with Crippen molar-refractivity contribution in [1.29, 1.82) is 0 Å². The van der Waals surface area contributed by atoms with Gasteiger partial charge in [0.2, 0.25) is 5.91 Å². The second kappa shape index (κ2) is 9.50. The molecular formula is C22H32FN3O2. The van der Waals surface area contributed by atoms with Crippen LogP contribution < -0.4 is 0 Å². The van der Waals surface area contributed by atoms with Crippen LogP contribution >= 0.6 is 0 Å². The first-order valence-corrected chi connectivity index (χ1v) is 10.6. The number of hydrogen-bond donors (Lipinski definition) is 0. The summed E-state index contributed by atoms with van der Waals surface area (Å²) in [5.74, 6) is -0.103. The summed E-state index contributed by atoms with van der Waals surface area (Å²) < 4.78 is 14.0. The molecule has 0 spiro atoms. The van der Waals surface area contributed by atoms with E-state index in [1.54, 1.807) is 17.0 Å². The molecule has 28 heavy (non-hydrogen) atoms. The minimum Gasteiger partial charge on any atom is -0.342 e. The number of carbonyl (C=O) groups excluding carboxylic acids is 2. The molecule has 1 aliphatic heterocycles. The molecule has 1 heterocycles. The van der Waals surface area contributed by atoms with Crippen molar-refractivity contribution in [2.45, 2.75) is 45.6 Å². The van der Waals surface area contributed by atoms with Gasteiger partial charge in [0.05, 0.1) is 11.6 Å². The highest BCUT2D eigenvalue weighted by Crippen LogP contribution is 2.32. The van der Waals surface area contributed by atoms with Crippen LogP contribution in [0.5, 0.6) is 0 Å². The van der Waals surface area contributed by atoms with Crippen LogP contribution in [0.3, 0.4) is 0 Å². The maximum Gasteiger partial charge on any atom is 0.256 e. The molecule has 154 valence electrons. The highest BCUT2D eigenvalue weighted by atomic mass is 19.1. The molecule has 1 aliphatic carbocycles. The van der Waals surface area contributed by atoms with E-state index in [9.17, 15) is 14.0 Å². The monoisotopic (exact) mass is 389 g/mol. The van der Waals surface area contributed by atoms with E-state index in [4.69, 9.17) is 0 Å². The third-order valence-corrected chi connectivity index (χ3v) is 6.27. The molecule has 1 aromatic rings. The summed E-state index contributed by atoms with van der Waals surface area (Å²) >= 11 is 0. The number of nitrogens with zero attached hydrogens (tertiary/aromatic N) is 3. The number of benzene rings is 1. The summed E-state index contributed by atoms with van der Waals surface area (Å²) in [4.78, 5) is 31.8. The van der Waals surface area contributed by atoms with Gasteiger partial charge >= 0.3 is 0 Å². The molecule has 1 atom stereocenters. The Hall–Kier alpha value is -1.95. The second-order valence-corrected chi connectivity index (χ2v) is 7.81. The lowest BCUT2D eigenvalue weighted by Crippen LogP contribution is -2.58. The Morgan fingerprint density at radius 1 is 1.07 bits per heavy atom. The van der Waals surface area contributed by atoms with Crippen molar-refractivity contribution in [1.82, 2.24) is 14.7 Å². The van der Waals surface area contributed by atoms with Gasteiger partial charge in [-0.3, -0.25) is 14.5 Å². The maximum atomic E-state index is 14.0. The van der Waals surface area contributed by atoms with Gasteiger partial charge in [0.25, 0.3) is 5.91 Å². The Balaban J connectivity index is 1.69. The largest absolute Gasteiger partial charge is 0.342 e. The van der Waals surface area contributed by atoms with Crippen LogP contribution in [0, 0.1) is 11.7 Å². The molecule has 5 nitrogen and oxygen atoms in total. The first-order chi connectivity index (χ1) is 13.6. The molecule has 2 aliphatic rings. The fourth-order valence-electron chi connectivity index (χ4n) is 4.66. The minimum atomic E-state index is -0.476.